The third-order valence-corrected chi connectivity index (χ3v) is 7.86. The highest BCUT2D eigenvalue weighted by Gasteiger charge is 2.26. The summed E-state index contributed by atoms with van der Waals surface area (Å²) in [5.41, 5.74) is 4.95. The van der Waals surface area contributed by atoms with Gasteiger partial charge in [0, 0.05) is 48.8 Å². The van der Waals surface area contributed by atoms with Crippen molar-refractivity contribution in [3.63, 3.8) is 0 Å². The standard InChI is InChI=1S/C28H34N10O2S/c1-16-9-10-38-24(16)28(37-13-17(2)32-18(3)14-37)34-25(35-38)19(4)33-27-23-22(12-29-26(23)30-15-31-27)20-7-6-8-21(11-20)36-41(5,39)40/h6-12,15,17-19,32,36H,13-14H2,1-5H3,(H2,29,30,31,33)/t17-,18+,19-/m0/s1. The van der Waals surface area contributed by atoms with Gasteiger partial charge in [0.25, 0.3) is 0 Å². The number of nitrogens with zero attached hydrogens (tertiary/aromatic N) is 6. The van der Waals surface area contributed by atoms with Gasteiger partial charge in [-0.3, -0.25) is 4.72 Å². The Morgan fingerprint density at radius 2 is 1.90 bits per heavy atom. The molecule has 12 nitrogen and oxygen atoms in total. The lowest BCUT2D eigenvalue weighted by Crippen LogP contribution is -2.54. The van der Waals surface area contributed by atoms with Crippen molar-refractivity contribution in [3.05, 3.63) is 60.4 Å². The average molecular weight is 575 g/mol. The van der Waals surface area contributed by atoms with Gasteiger partial charge in [-0.15, -0.1) is 0 Å². The number of H-pyrrole nitrogens is 1. The van der Waals surface area contributed by atoms with Gasteiger partial charge in [0.1, 0.15) is 23.3 Å². The molecule has 214 valence electrons. The minimum Gasteiger partial charge on any atom is -0.360 e. The van der Waals surface area contributed by atoms with Gasteiger partial charge in [0.05, 0.1) is 17.7 Å². The molecule has 6 rings (SSSR count). The van der Waals surface area contributed by atoms with Crippen molar-refractivity contribution in [2.24, 2.45) is 0 Å². The molecule has 1 saturated heterocycles. The Bertz CT molecular complexity index is 1840. The van der Waals surface area contributed by atoms with E-state index in [0.29, 0.717) is 35.1 Å². The first-order valence-electron chi connectivity index (χ1n) is 13.6. The van der Waals surface area contributed by atoms with Crippen molar-refractivity contribution in [3.8, 4) is 11.1 Å². The number of hydrogen-bond donors (Lipinski definition) is 4. The Balaban J connectivity index is 1.37. The minimum absolute atomic E-state index is 0.280. The van der Waals surface area contributed by atoms with Gasteiger partial charge in [-0.05, 0) is 57.0 Å². The van der Waals surface area contributed by atoms with Crippen molar-refractivity contribution >= 4 is 43.9 Å². The predicted octanol–water partition coefficient (Wildman–Crippen LogP) is 3.71. The minimum atomic E-state index is -3.41. The van der Waals surface area contributed by atoms with Crippen LogP contribution in [-0.2, 0) is 10.0 Å². The summed E-state index contributed by atoms with van der Waals surface area (Å²) in [7, 11) is -3.41. The summed E-state index contributed by atoms with van der Waals surface area (Å²) in [6, 6.07) is 9.70. The third kappa shape index (κ3) is 5.42. The van der Waals surface area contributed by atoms with Crippen LogP contribution in [0.3, 0.4) is 0 Å². The van der Waals surface area contributed by atoms with Crippen LogP contribution in [0.15, 0.2) is 49.1 Å². The fourth-order valence-corrected chi connectivity index (χ4v) is 6.17. The van der Waals surface area contributed by atoms with Gasteiger partial charge in [-0.2, -0.15) is 5.10 Å². The van der Waals surface area contributed by atoms with Crippen LogP contribution < -0.4 is 20.3 Å². The van der Waals surface area contributed by atoms with E-state index < -0.39 is 10.0 Å². The zero-order chi connectivity index (χ0) is 28.9. The molecule has 5 heterocycles. The summed E-state index contributed by atoms with van der Waals surface area (Å²) in [6.07, 6.45) is 6.47. The Hall–Kier alpha value is -4.23. The molecular formula is C28H34N10O2S. The molecule has 4 aromatic heterocycles. The SMILES string of the molecule is Cc1ccn2nc([C@H](C)Nc3ncnc4[nH]cc(-c5cccc(NS(C)(=O)=O)c5)c34)nc(N3C[C@@H](C)N[C@@H](C)C3)c12. The smallest absolute Gasteiger partial charge is 0.229 e. The van der Waals surface area contributed by atoms with E-state index >= 15 is 0 Å². The summed E-state index contributed by atoms with van der Waals surface area (Å²) < 4.78 is 28.0. The number of aromatic nitrogens is 6. The van der Waals surface area contributed by atoms with Gasteiger partial charge in [-0.25, -0.2) is 27.9 Å². The predicted molar refractivity (Wildman–Crippen MR) is 162 cm³/mol. The van der Waals surface area contributed by atoms with Crippen LogP contribution in [0.25, 0.3) is 27.7 Å². The Morgan fingerprint density at radius 1 is 1.12 bits per heavy atom. The molecular weight excluding hydrogens is 540 g/mol. The second kappa shape index (κ2) is 10.3. The zero-order valence-electron chi connectivity index (χ0n) is 23.7. The lowest BCUT2D eigenvalue weighted by atomic mass is 10.1. The maximum Gasteiger partial charge on any atom is 0.229 e. The number of piperazine rings is 1. The number of sulfonamides is 1. The fraction of sp³-hybridized carbons (Fsp3) is 0.357. The van der Waals surface area contributed by atoms with Gasteiger partial charge in [-0.1, -0.05) is 12.1 Å². The van der Waals surface area contributed by atoms with Crippen LogP contribution in [0.5, 0.6) is 0 Å². The van der Waals surface area contributed by atoms with Crippen molar-refractivity contribution in [1.29, 1.82) is 0 Å². The molecule has 1 aromatic carbocycles. The number of benzene rings is 1. The fourth-order valence-electron chi connectivity index (χ4n) is 5.61. The molecule has 41 heavy (non-hydrogen) atoms. The first-order chi connectivity index (χ1) is 19.6. The molecule has 3 atom stereocenters. The van der Waals surface area contributed by atoms with Crippen molar-refractivity contribution in [1.82, 2.24) is 34.9 Å². The topological polar surface area (TPSA) is 145 Å². The number of nitrogens with one attached hydrogen (secondary N) is 4. The van der Waals surface area contributed by atoms with Crippen LogP contribution in [0.4, 0.5) is 17.3 Å². The molecule has 13 heteroatoms. The van der Waals surface area contributed by atoms with E-state index in [1.54, 1.807) is 12.1 Å². The van der Waals surface area contributed by atoms with Crippen LogP contribution in [-0.4, -0.2) is 69.4 Å². The highest BCUT2D eigenvalue weighted by molar-refractivity contribution is 7.92. The number of fused-ring (bicyclic) bond motifs is 2. The maximum atomic E-state index is 11.8. The Morgan fingerprint density at radius 3 is 2.66 bits per heavy atom. The first kappa shape index (κ1) is 27.0. The van der Waals surface area contributed by atoms with E-state index in [1.807, 2.05) is 36.0 Å². The van der Waals surface area contributed by atoms with E-state index in [1.165, 1.54) is 6.33 Å². The van der Waals surface area contributed by atoms with E-state index in [4.69, 9.17) is 10.1 Å². The van der Waals surface area contributed by atoms with E-state index in [-0.39, 0.29) is 6.04 Å². The number of hydrogen-bond acceptors (Lipinski definition) is 9. The maximum absolute atomic E-state index is 11.8. The number of aromatic amines is 1. The van der Waals surface area contributed by atoms with Crippen molar-refractivity contribution < 1.29 is 8.42 Å². The third-order valence-electron chi connectivity index (χ3n) is 7.26. The van der Waals surface area contributed by atoms with E-state index in [0.717, 1.165) is 52.8 Å². The van der Waals surface area contributed by atoms with Crippen molar-refractivity contribution in [2.75, 3.05) is 34.3 Å². The molecule has 0 bridgehead atoms. The lowest BCUT2D eigenvalue weighted by Gasteiger charge is -2.37. The molecule has 0 unspecified atom stereocenters. The Labute approximate surface area is 238 Å². The molecule has 0 aliphatic carbocycles. The zero-order valence-corrected chi connectivity index (χ0v) is 24.5. The van der Waals surface area contributed by atoms with Crippen LogP contribution in [0, 0.1) is 6.92 Å². The summed E-state index contributed by atoms with van der Waals surface area (Å²) in [4.78, 5) is 19.7. The quantitative estimate of drug-likeness (QED) is 0.229. The summed E-state index contributed by atoms with van der Waals surface area (Å²) >= 11 is 0. The highest BCUT2D eigenvalue weighted by atomic mass is 32.2. The second-order valence-electron chi connectivity index (χ2n) is 10.9. The molecule has 4 N–H and O–H groups in total. The van der Waals surface area contributed by atoms with Gasteiger partial charge in [0.2, 0.25) is 10.0 Å². The van der Waals surface area contributed by atoms with Gasteiger partial charge in [0.15, 0.2) is 11.6 Å². The highest BCUT2D eigenvalue weighted by Crippen LogP contribution is 2.35. The number of aryl methyl sites for hydroxylation is 1. The van der Waals surface area contributed by atoms with Crippen molar-refractivity contribution in [2.45, 2.75) is 45.8 Å². The molecule has 1 aliphatic rings. The molecule has 1 fully saturated rings. The van der Waals surface area contributed by atoms with Crippen LogP contribution in [0.2, 0.25) is 0 Å². The number of rotatable bonds is 7. The van der Waals surface area contributed by atoms with E-state index in [2.05, 4.69) is 62.0 Å². The van der Waals surface area contributed by atoms with Gasteiger partial charge >= 0.3 is 0 Å². The molecule has 0 radical (unpaired) electrons. The molecule has 0 saturated carbocycles. The van der Waals surface area contributed by atoms with Crippen LogP contribution in [0.1, 0.15) is 38.2 Å². The molecule has 5 aromatic rings. The lowest BCUT2D eigenvalue weighted by molar-refractivity contribution is 0.405. The molecule has 1 aliphatic heterocycles. The molecule has 0 amide bonds. The van der Waals surface area contributed by atoms with Gasteiger partial charge < -0.3 is 20.5 Å². The average Bonchev–Trinajstić information content (AvgIpc) is 3.51. The number of anilines is 3. The normalized spacial score (nSPS) is 18.6. The molecule has 0 spiro atoms. The van der Waals surface area contributed by atoms with Crippen LogP contribution >= 0.6 is 0 Å². The first-order valence-corrected chi connectivity index (χ1v) is 15.5. The Kier molecular flexibility index (Phi) is 6.78. The second-order valence-corrected chi connectivity index (χ2v) is 12.7. The van der Waals surface area contributed by atoms with E-state index in [9.17, 15) is 8.42 Å². The summed E-state index contributed by atoms with van der Waals surface area (Å²) in [6.45, 7) is 10.2. The largest absolute Gasteiger partial charge is 0.360 e. The summed E-state index contributed by atoms with van der Waals surface area (Å²) in [5.74, 6) is 2.19. The monoisotopic (exact) mass is 574 g/mol. The summed E-state index contributed by atoms with van der Waals surface area (Å²) in [5, 5.41) is 12.8.